The minimum absolute atomic E-state index is 0.0289. The first kappa shape index (κ1) is 20.3. The number of aliphatic hydroxyl groups is 2. The van der Waals surface area contributed by atoms with Gasteiger partial charge in [-0.2, -0.15) is 0 Å². The molecule has 0 fully saturated rings. The third-order valence-corrected chi connectivity index (χ3v) is 7.14. The first-order chi connectivity index (χ1) is 15.3. The van der Waals surface area contributed by atoms with Crippen LogP contribution >= 0.6 is 0 Å². The molecule has 4 aromatic rings. The molecule has 1 aliphatic carbocycles. The van der Waals surface area contributed by atoms with Crippen LogP contribution in [-0.2, 0) is 10.0 Å². The Balaban J connectivity index is 1.59. The Labute approximate surface area is 183 Å². The van der Waals surface area contributed by atoms with Crippen molar-refractivity contribution in [2.24, 2.45) is 0 Å². The van der Waals surface area contributed by atoms with Crippen molar-refractivity contribution in [3.63, 3.8) is 0 Å². The Morgan fingerprint density at radius 2 is 1.31 bits per heavy atom. The summed E-state index contributed by atoms with van der Waals surface area (Å²) in [4.78, 5) is -0.0289. The lowest BCUT2D eigenvalue weighted by molar-refractivity contribution is 0.169. The van der Waals surface area contributed by atoms with Crippen LogP contribution in [0.5, 0.6) is 11.5 Å². The van der Waals surface area contributed by atoms with Crippen LogP contribution in [0.3, 0.4) is 0 Å². The van der Waals surface area contributed by atoms with Gasteiger partial charge in [0.15, 0.2) is 11.5 Å². The number of aliphatic hydroxyl groups excluding tert-OH is 2. The predicted molar refractivity (Wildman–Crippen MR) is 119 cm³/mol. The van der Waals surface area contributed by atoms with Crippen LogP contribution < -0.4 is 4.72 Å². The fraction of sp³-hybridized carbons (Fsp3) is 0.0833. The van der Waals surface area contributed by atoms with Crippen LogP contribution in [-0.4, -0.2) is 28.8 Å². The Hall–Kier alpha value is -3.59. The summed E-state index contributed by atoms with van der Waals surface area (Å²) >= 11 is 0. The molecule has 32 heavy (non-hydrogen) atoms. The molecule has 1 aliphatic rings. The molecule has 2 atom stereocenters. The van der Waals surface area contributed by atoms with Crippen molar-refractivity contribution in [3.05, 3.63) is 95.1 Å². The van der Waals surface area contributed by atoms with E-state index in [1.165, 1.54) is 18.2 Å². The average molecular weight is 449 g/mol. The van der Waals surface area contributed by atoms with Gasteiger partial charge in [-0.25, -0.2) is 8.42 Å². The second-order valence-electron chi connectivity index (χ2n) is 7.67. The minimum Gasteiger partial charge on any atom is -0.504 e. The van der Waals surface area contributed by atoms with Gasteiger partial charge in [0.25, 0.3) is 10.0 Å². The SMILES string of the molecule is O=S(=O)(Nc1cc2c(c(O)c1O)C(O)c1ccccc1C2O)c1ccc2ccccc2c1. The van der Waals surface area contributed by atoms with Crippen molar-refractivity contribution in [2.45, 2.75) is 17.1 Å². The number of hydrogen-bond acceptors (Lipinski definition) is 6. The number of sulfonamides is 1. The first-order valence-electron chi connectivity index (χ1n) is 9.83. The lowest BCUT2D eigenvalue weighted by Crippen LogP contribution is -2.19. The fourth-order valence-electron chi connectivity index (χ4n) is 4.16. The molecule has 2 unspecified atom stereocenters. The zero-order valence-electron chi connectivity index (χ0n) is 16.6. The van der Waals surface area contributed by atoms with Crippen molar-refractivity contribution in [3.8, 4) is 11.5 Å². The van der Waals surface area contributed by atoms with Gasteiger partial charge in [0.2, 0.25) is 0 Å². The van der Waals surface area contributed by atoms with Crippen LogP contribution in [0.15, 0.2) is 77.7 Å². The lowest BCUT2D eigenvalue weighted by Gasteiger charge is -2.30. The Bertz CT molecular complexity index is 1480. The highest BCUT2D eigenvalue weighted by atomic mass is 32.2. The highest BCUT2D eigenvalue weighted by Gasteiger charge is 2.35. The monoisotopic (exact) mass is 449 g/mol. The summed E-state index contributed by atoms with van der Waals surface area (Å²) < 4.78 is 28.3. The average Bonchev–Trinajstić information content (AvgIpc) is 2.80. The maximum absolute atomic E-state index is 13.0. The molecule has 7 nitrogen and oxygen atoms in total. The summed E-state index contributed by atoms with van der Waals surface area (Å²) in [6, 6.07) is 19.8. The molecule has 5 N–H and O–H groups in total. The number of fused-ring (bicyclic) bond motifs is 3. The van der Waals surface area contributed by atoms with Crippen molar-refractivity contribution in [2.75, 3.05) is 4.72 Å². The molecule has 5 rings (SSSR count). The number of benzene rings is 4. The minimum atomic E-state index is -4.13. The normalized spacial score (nSPS) is 17.6. The quantitative estimate of drug-likeness (QED) is 0.305. The maximum atomic E-state index is 13.0. The van der Waals surface area contributed by atoms with Gasteiger partial charge in [0.1, 0.15) is 12.2 Å². The van der Waals surface area contributed by atoms with Crippen LogP contribution in [0.25, 0.3) is 10.8 Å². The van der Waals surface area contributed by atoms with E-state index in [2.05, 4.69) is 4.72 Å². The fourth-order valence-corrected chi connectivity index (χ4v) is 5.25. The molecule has 0 heterocycles. The largest absolute Gasteiger partial charge is 0.504 e. The molecule has 0 saturated heterocycles. The molecule has 0 amide bonds. The van der Waals surface area contributed by atoms with Crippen molar-refractivity contribution in [1.82, 2.24) is 0 Å². The van der Waals surface area contributed by atoms with E-state index in [-0.39, 0.29) is 21.7 Å². The molecule has 0 radical (unpaired) electrons. The van der Waals surface area contributed by atoms with E-state index < -0.39 is 33.7 Å². The number of phenols is 2. The molecule has 0 aromatic heterocycles. The van der Waals surface area contributed by atoms with E-state index >= 15 is 0 Å². The van der Waals surface area contributed by atoms with Gasteiger partial charge < -0.3 is 20.4 Å². The topological polar surface area (TPSA) is 127 Å². The van der Waals surface area contributed by atoms with E-state index in [0.717, 1.165) is 10.8 Å². The molecule has 162 valence electrons. The van der Waals surface area contributed by atoms with Crippen molar-refractivity contribution in [1.29, 1.82) is 0 Å². The Kier molecular flexibility index (Phi) is 4.59. The summed E-state index contributed by atoms with van der Waals surface area (Å²) in [5.41, 5.74) is 0.553. The van der Waals surface area contributed by atoms with Crippen LogP contribution in [0, 0.1) is 0 Å². The maximum Gasteiger partial charge on any atom is 0.262 e. The van der Waals surface area contributed by atoms with E-state index in [9.17, 15) is 28.8 Å². The number of phenolic OH excluding ortho intramolecular Hbond substituents is 2. The number of aromatic hydroxyl groups is 2. The number of nitrogens with one attached hydrogen (secondary N) is 1. The highest BCUT2D eigenvalue weighted by Crippen LogP contribution is 2.50. The third kappa shape index (κ3) is 3.08. The van der Waals surface area contributed by atoms with E-state index in [1.54, 1.807) is 42.5 Å². The number of anilines is 1. The molecule has 0 spiro atoms. The number of hydrogen-bond donors (Lipinski definition) is 5. The summed E-state index contributed by atoms with van der Waals surface area (Å²) in [5.74, 6) is -1.43. The van der Waals surface area contributed by atoms with Gasteiger partial charge in [-0.3, -0.25) is 4.72 Å². The molecular formula is C24H19NO6S. The molecule has 8 heteroatoms. The summed E-state index contributed by atoms with van der Waals surface area (Å²) in [7, 11) is -4.13. The van der Waals surface area contributed by atoms with Crippen molar-refractivity contribution < 1.29 is 28.8 Å². The summed E-state index contributed by atoms with van der Waals surface area (Å²) in [6.07, 6.45) is -2.51. The molecule has 0 bridgehead atoms. The van der Waals surface area contributed by atoms with Gasteiger partial charge >= 0.3 is 0 Å². The summed E-state index contributed by atoms with van der Waals surface area (Å²) in [5, 5.41) is 44.2. The smallest absolute Gasteiger partial charge is 0.262 e. The standard InChI is InChI=1S/C24H19NO6S/c26-21-16-7-3-4-8-17(16)22(27)20-18(21)12-19(23(28)24(20)29)25-32(30,31)15-10-9-13-5-1-2-6-14(13)11-15/h1-12,21-22,25-29H. The Morgan fingerprint density at radius 1 is 0.688 bits per heavy atom. The third-order valence-electron chi connectivity index (χ3n) is 5.77. The first-order valence-corrected chi connectivity index (χ1v) is 11.3. The van der Waals surface area contributed by atoms with Gasteiger partial charge in [0.05, 0.1) is 10.6 Å². The van der Waals surface area contributed by atoms with E-state index in [0.29, 0.717) is 11.1 Å². The van der Waals surface area contributed by atoms with E-state index in [4.69, 9.17) is 0 Å². The zero-order chi connectivity index (χ0) is 22.6. The number of rotatable bonds is 3. The molecule has 0 aliphatic heterocycles. The molecule has 4 aromatic carbocycles. The van der Waals surface area contributed by atoms with Gasteiger partial charge in [0, 0.05) is 5.56 Å². The second kappa shape index (κ2) is 7.23. The lowest BCUT2D eigenvalue weighted by atomic mass is 9.81. The molecule has 0 saturated carbocycles. The zero-order valence-corrected chi connectivity index (χ0v) is 17.4. The van der Waals surface area contributed by atoms with Crippen LogP contribution in [0.2, 0.25) is 0 Å². The van der Waals surface area contributed by atoms with Crippen LogP contribution in [0.1, 0.15) is 34.5 Å². The van der Waals surface area contributed by atoms with Crippen LogP contribution in [0.4, 0.5) is 5.69 Å². The Morgan fingerprint density at radius 3 is 2.03 bits per heavy atom. The van der Waals surface area contributed by atoms with Gasteiger partial charge in [-0.15, -0.1) is 0 Å². The highest BCUT2D eigenvalue weighted by molar-refractivity contribution is 7.92. The van der Waals surface area contributed by atoms with E-state index in [1.807, 2.05) is 12.1 Å². The predicted octanol–water partition coefficient (Wildman–Crippen LogP) is 3.53. The van der Waals surface area contributed by atoms with Gasteiger partial charge in [-0.1, -0.05) is 54.6 Å². The molecular weight excluding hydrogens is 430 g/mol. The second-order valence-corrected chi connectivity index (χ2v) is 9.36. The van der Waals surface area contributed by atoms with Gasteiger partial charge in [-0.05, 0) is 45.7 Å². The van der Waals surface area contributed by atoms with Crippen molar-refractivity contribution >= 4 is 26.5 Å². The summed E-state index contributed by atoms with van der Waals surface area (Å²) in [6.45, 7) is 0.